The summed E-state index contributed by atoms with van der Waals surface area (Å²) >= 11 is 0. The largest absolute Gasteiger partial charge is 0.481 e. The molecule has 1 saturated carbocycles. The molecule has 0 aromatic carbocycles. The molecule has 1 saturated heterocycles. The van der Waals surface area contributed by atoms with Crippen LogP contribution in [0.25, 0.3) is 11.3 Å². The van der Waals surface area contributed by atoms with Gasteiger partial charge in [-0.3, -0.25) is 14.7 Å². The average Bonchev–Trinajstić information content (AvgIpc) is 3.31. The number of aromatic nitrogens is 5. The van der Waals surface area contributed by atoms with Gasteiger partial charge in [0, 0.05) is 54.6 Å². The Hall–Kier alpha value is -3.76. The summed E-state index contributed by atoms with van der Waals surface area (Å²) in [6.07, 6.45) is 9.86. The Morgan fingerprint density at radius 1 is 1.24 bits per heavy atom. The van der Waals surface area contributed by atoms with E-state index in [1.54, 1.807) is 6.07 Å². The van der Waals surface area contributed by atoms with Crippen molar-refractivity contribution in [3.8, 4) is 17.1 Å². The molecule has 2 N–H and O–H groups in total. The summed E-state index contributed by atoms with van der Waals surface area (Å²) in [5.41, 5.74) is 1.76. The molecule has 11 heteroatoms. The quantitative estimate of drug-likeness (QED) is 0.530. The van der Waals surface area contributed by atoms with Gasteiger partial charge in [-0.05, 0) is 50.5 Å². The maximum absolute atomic E-state index is 14.3. The van der Waals surface area contributed by atoms with Gasteiger partial charge >= 0.3 is 0 Å². The third kappa shape index (κ3) is 4.47. The van der Waals surface area contributed by atoms with Gasteiger partial charge in [0.1, 0.15) is 5.69 Å². The average molecular weight is 508 g/mol. The van der Waals surface area contributed by atoms with Gasteiger partial charge in [0.25, 0.3) is 5.91 Å². The molecule has 10 nitrogen and oxygen atoms in total. The van der Waals surface area contributed by atoms with Gasteiger partial charge in [-0.15, -0.1) is 0 Å². The van der Waals surface area contributed by atoms with Crippen molar-refractivity contribution < 1.29 is 18.7 Å². The number of aryl methyl sites for hydroxylation is 1. The number of hydrogen-bond donors (Lipinski definition) is 2. The molecule has 1 aliphatic carbocycles. The van der Waals surface area contributed by atoms with Crippen molar-refractivity contribution >= 4 is 11.8 Å². The lowest BCUT2D eigenvalue weighted by atomic mass is 9.87. The Kier molecular flexibility index (Phi) is 5.92. The van der Waals surface area contributed by atoms with Gasteiger partial charge < -0.3 is 19.5 Å². The fraction of sp³-hybridized carbons (Fsp3) is 0.500. The van der Waals surface area contributed by atoms with Crippen LogP contribution in [-0.2, 0) is 17.8 Å². The molecular weight excluding hydrogens is 477 g/mol. The highest BCUT2D eigenvalue weighted by Gasteiger charge is 2.54. The number of halogens is 1. The molecule has 0 bridgehead atoms. The minimum atomic E-state index is -0.546. The summed E-state index contributed by atoms with van der Waals surface area (Å²) in [6.45, 7) is 2.12. The van der Waals surface area contributed by atoms with Gasteiger partial charge in [0.2, 0.25) is 11.8 Å². The number of piperidine rings is 1. The number of carbonyl (C=O) groups is 2. The molecular formula is C26H30FN7O3. The number of rotatable bonds is 6. The summed E-state index contributed by atoms with van der Waals surface area (Å²) in [6, 6.07) is 3.01. The number of fused-ring (bicyclic) bond motifs is 1. The second-order valence-corrected chi connectivity index (χ2v) is 10.4. The van der Waals surface area contributed by atoms with Crippen molar-refractivity contribution in [2.45, 2.75) is 50.6 Å². The number of ether oxygens (including phenoxy) is 1. The molecule has 2 aliphatic heterocycles. The van der Waals surface area contributed by atoms with Crippen LogP contribution in [0.3, 0.4) is 0 Å². The fourth-order valence-electron chi connectivity index (χ4n) is 5.80. The number of carbonyl (C=O) groups excluding carboxylic acids is 2. The zero-order chi connectivity index (χ0) is 25.6. The number of imidazole rings is 1. The molecule has 3 aromatic rings. The lowest BCUT2D eigenvalue weighted by molar-refractivity contribution is -0.127. The van der Waals surface area contributed by atoms with Crippen LogP contribution >= 0.6 is 0 Å². The zero-order valence-corrected chi connectivity index (χ0v) is 20.7. The van der Waals surface area contributed by atoms with Gasteiger partial charge in [-0.1, -0.05) is 0 Å². The highest BCUT2D eigenvalue weighted by atomic mass is 19.1. The topological polar surface area (TPSA) is 118 Å². The van der Waals surface area contributed by atoms with E-state index in [0.717, 1.165) is 38.4 Å². The first-order valence-electron chi connectivity index (χ1n) is 12.8. The molecule has 2 amide bonds. The molecule has 2 atom stereocenters. The second-order valence-electron chi connectivity index (χ2n) is 10.4. The van der Waals surface area contributed by atoms with Gasteiger partial charge in [0.05, 0.1) is 25.3 Å². The van der Waals surface area contributed by atoms with E-state index in [1.165, 1.54) is 18.9 Å². The van der Waals surface area contributed by atoms with E-state index in [9.17, 15) is 14.0 Å². The van der Waals surface area contributed by atoms with Crippen molar-refractivity contribution in [1.82, 2.24) is 34.9 Å². The van der Waals surface area contributed by atoms with Gasteiger partial charge in [-0.25, -0.2) is 14.4 Å². The third-order valence-corrected chi connectivity index (χ3v) is 8.11. The maximum Gasteiger partial charge on any atom is 0.272 e. The highest BCUT2D eigenvalue weighted by Crippen LogP contribution is 2.50. The fourth-order valence-corrected chi connectivity index (χ4v) is 5.80. The van der Waals surface area contributed by atoms with Crippen LogP contribution < -0.4 is 10.1 Å². The summed E-state index contributed by atoms with van der Waals surface area (Å²) in [7, 11) is 1.45. The Bertz CT molecular complexity index is 1330. The molecule has 1 spiro atoms. The number of nitrogens with one attached hydrogen (secondary N) is 2. The standard InChI is InChI=1S/C26H30FN7O3/c1-37-23-9-19(20(27)14-29-23)21-10-22(32-31-21)25(36)34-7-3-17(11-26(34)4-5-26)24(35)30-12-16-2-6-33-15-28-13-18(33)8-16/h9-10,13-17H,2-8,11-12H2,1H3,(H,30,35)(H,31,32)/t16-,17?/m1/s1. The Morgan fingerprint density at radius 2 is 2.11 bits per heavy atom. The van der Waals surface area contributed by atoms with Crippen LogP contribution in [0.2, 0.25) is 0 Å². The molecule has 6 rings (SSSR count). The van der Waals surface area contributed by atoms with Crippen molar-refractivity contribution in [2.24, 2.45) is 11.8 Å². The summed E-state index contributed by atoms with van der Waals surface area (Å²) < 4.78 is 21.6. The predicted molar refractivity (Wildman–Crippen MR) is 131 cm³/mol. The number of aromatic amines is 1. The highest BCUT2D eigenvalue weighted by molar-refractivity contribution is 5.94. The lowest BCUT2D eigenvalue weighted by Crippen LogP contribution is -2.51. The first-order valence-corrected chi connectivity index (χ1v) is 12.8. The number of likely N-dealkylation sites (tertiary alicyclic amines) is 1. The Balaban J connectivity index is 1.08. The van der Waals surface area contributed by atoms with Crippen LogP contribution in [0, 0.1) is 17.7 Å². The molecule has 37 heavy (non-hydrogen) atoms. The molecule has 0 radical (unpaired) electrons. The van der Waals surface area contributed by atoms with E-state index in [4.69, 9.17) is 4.74 Å². The van der Waals surface area contributed by atoms with Crippen LogP contribution in [0.1, 0.15) is 48.3 Å². The van der Waals surface area contributed by atoms with E-state index in [-0.39, 0.29) is 34.7 Å². The normalized spacial score (nSPS) is 21.9. The van der Waals surface area contributed by atoms with Crippen molar-refractivity contribution in [3.63, 3.8) is 0 Å². The number of amides is 2. The molecule has 3 aromatic heterocycles. The maximum atomic E-state index is 14.3. The van der Waals surface area contributed by atoms with Crippen molar-refractivity contribution in [3.05, 3.63) is 48.1 Å². The minimum Gasteiger partial charge on any atom is -0.481 e. The molecule has 1 unspecified atom stereocenters. The first-order chi connectivity index (χ1) is 18.0. The van der Waals surface area contributed by atoms with Gasteiger partial charge in [0.15, 0.2) is 5.82 Å². The van der Waals surface area contributed by atoms with Crippen molar-refractivity contribution in [2.75, 3.05) is 20.2 Å². The molecule has 3 aliphatic rings. The number of H-pyrrole nitrogens is 1. The van der Waals surface area contributed by atoms with Gasteiger partial charge in [-0.2, -0.15) is 5.10 Å². The number of methoxy groups -OCH3 is 1. The van der Waals surface area contributed by atoms with E-state index in [0.29, 0.717) is 43.2 Å². The Labute approximate surface area is 213 Å². The van der Waals surface area contributed by atoms with Crippen molar-refractivity contribution in [1.29, 1.82) is 0 Å². The zero-order valence-electron chi connectivity index (χ0n) is 20.7. The first kappa shape index (κ1) is 23.6. The third-order valence-electron chi connectivity index (χ3n) is 8.11. The van der Waals surface area contributed by atoms with E-state index >= 15 is 0 Å². The summed E-state index contributed by atoms with van der Waals surface area (Å²) in [5.74, 6) is -0.0464. The van der Waals surface area contributed by atoms with Crippen LogP contribution in [0.15, 0.2) is 30.9 Å². The lowest BCUT2D eigenvalue weighted by Gasteiger charge is -2.39. The van der Waals surface area contributed by atoms with Crippen LogP contribution in [-0.4, -0.2) is 67.2 Å². The van der Waals surface area contributed by atoms with Crippen LogP contribution in [0.5, 0.6) is 5.88 Å². The number of pyridine rings is 1. The monoisotopic (exact) mass is 507 g/mol. The van der Waals surface area contributed by atoms with E-state index in [2.05, 4.69) is 30.0 Å². The number of hydrogen-bond acceptors (Lipinski definition) is 6. The second kappa shape index (κ2) is 9.28. The molecule has 2 fully saturated rings. The van der Waals surface area contributed by atoms with E-state index < -0.39 is 5.82 Å². The molecule has 5 heterocycles. The Morgan fingerprint density at radius 3 is 2.92 bits per heavy atom. The number of nitrogens with zero attached hydrogens (tertiary/aromatic N) is 5. The minimum absolute atomic E-state index is 0.0865. The van der Waals surface area contributed by atoms with E-state index in [1.807, 2.05) is 17.4 Å². The SMILES string of the molecule is COc1cc(-c2cc(C(=O)N3CCC(C(=O)NC[C@@H]4CCn5cncc5C4)CC34CC4)[nH]n2)c(F)cn1. The smallest absolute Gasteiger partial charge is 0.272 e. The predicted octanol–water partition coefficient (Wildman–Crippen LogP) is 2.58. The molecule has 194 valence electrons. The summed E-state index contributed by atoms with van der Waals surface area (Å²) in [5, 5.41) is 10.1. The van der Waals surface area contributed by atoms with Crippen LogP contribution in [0.4, 0.5) is 4.39 Å². The summed E-state index contributed by atoms with van der Waals surface area (Å²) in [4.78, 5) is 36.4.